The minimum Gasteiger partial charge on any atom is -0.371 e. The number of rotatable bonds is 3. The number of ether oxygens (including phenoxy) is 1. The van der Waals surface area contributed by atoms with Crippen molar-refractivity contribution in [3.05, 3.63) is 35.9 Å². The summed E-state index contributed by atoms with van der Waals surface area (Å²) in [6.07, 6.45) is 7.14. The summed E-state index contributed by atoms with van der Waals surface area (Å²) in [6, 6.07) is 10.7. The third-order valence-corrected chi connectivity index (χ3v) is 5.86. The first-order chi connectivity index (χ1) is 11.3. The van der Waals surface area contributed by atoms with Gasteiger partial charge in [0.25, 0.3) is 0 Å². The molecule has 4 rings (SSSR count). The van der Waals surface area contributed by atoms with Gasteiger partial charge in [0.1, 0.15) is 0 Å². The smallest absolute Gasteiger partial charge is 0.318 e. The van der Waals surface area contributed by atoms with E-state index in [0.717, 1.165) is 19.4 Å². The zero-order chi connectivity index (χ0) is 15.7. The normalized spacial score (nSPS) is 24.6. The van der Waals surface area contributed by atoms with Gasteiger partial charge >= 0.3 is 6.03 Å². The van der Waals surface area contributed by atoms with E-state index in [0.29, 0.717) is 19.1 Å². The van der Waals surface area contributed by atoms with Gasteiger partial charge in [0.05, 0.1) is 24.8 Å². The lowest BCUT2D eigenvalue weighted by molar-refractivity contribution is -0.141. The van der Waals surface area contributed by atoms with Crippen molar-refractivity contribution in [2.75, 3.05) is 19.7 Å². The van der Waals surface area contributed by atoms with Crippen molar-refractivity contribution in [1.82, 2.24) is 10.2 Å². The van der Waals surface area contributed by atoms with Gasteiger partial charge in [0, 0.05) is 6.54 Å². The highest BCUT2D eigenvalue weighted by Crippen LogP contribution is 2.39. The Morgan fingerprint density at radius 2 is 2.00 bits per heavy atom. The van der Waals surface area contributed by atoms with Crippen molar-refractivity contribution in [2.24, 2.45) is 5.92 Å². The van der Waals surface area contributed by atoms with Crippen LogP contribution in [-0.2, 0) is 4.74 Å². The zero-order valence-electron chi connectivity index (χ0n) is 13.7. The van der Waals surface area contributed by atoms with E-state index in [-0.39, 0.29) is 17.7 Å². The predicted octanol–water partition coefficient (Wildman–Crippen LogP) is 3.49. The fourth-order valence-electron chi connectivity index (χ4n) is 4.02. The molecule has 1 spiro atoms. The molecule has 3 fully saturated rings. The van der Waals surface area contributed by atoms with Crippen LogP contribution in [0, 0.1) is 5.92 Å². The predicted molar refractivity (Wildman–Crippen MR) is 89.2 cm³/mol. The molecule has 1 aromatic rings. The average Bonchev–Trinajstić information content (AvgIpc) is 2.52. The van der Waals surface area contributed by atoms with Crippen LogP contribution in [0.5, 0.6) is 0 Å². The van der Waals surface area contributed by atoms with Crippen LogP contribution in [0.3, 0.4) is 0 Å². The highest BCUT2D eigenvalue weighted by atomic mass is 16.5. The maximum atomic E-state index is 12.8. The first kappa shape index (κ1) is 15.0. The SMILES string of the molecule is O=C(N[C@@H](c1ccccc1)C1CCC1)N1CCOC2(CCC2)C1. The number of benzene rings is 1. The standard InChI is InChI=1S/C19H26N2O2/c22-18(21-12-13-23-19(14-21)10-5-11-19)20-17(16-8-4-9-16)15-6-2-1-3-7-15/h1-3,6-7,16-17H,4-5,8-14H2,(H,20,22)/t17-/m0/s1. The second kappa shape index (κ2) is 6.16. The summed E-state index contributed by atoms with van der Waals surface area (Å²) < 4.78 is 5.93. The maximum Gasteiger partial charge on any atom is 0.318 e. The Morgan fingerprint density at radius 1 is 1.22 bits per heavy atom. The van der Waals surface area contributed by atoms with Crippen LogP contribution in [0.1, 0.15) is 50.1 Å². The number of carbonyl (C=O) groups is 1. The molecule has 0 aromatic heterocycles. The Morgan fingerprint density at radius 3 is 2.61 bits per heavy atom. The molecule has 2 saturated carbocycles. The summed E-state index contributed by atoms with van der Waals surface area (Å²) in [5.74, 6) is 0.583. The number of morpholine rings is 1. The number of carbonyl (C=O) groups excluding carboxylic acids is 1. The third-order valence-electron chi connectivity index (χ3n) is 5.86. The summed E-state index contributed by atoms with van der Waals surface area (Å²) in [7, 11) is 0. The van der Waals surface area contributed by atoms with Crippen molar-refractivity contribution in [2.45, 2.75) is 50.2 Å². The molecule has 3 aliphatic rings. The first-order valence-electron chi connectivity index (χ1n) is 9.00. The Bertz CT molecular complexity index is 552. The van der Waals surface area contributed by atoms with Gasteiger partial charge < -0.3 is 15.0 Å². The maximum absolute atomic E-state index is 12.8. The van der Waals surface area contributed by atoms with Gasteiger partial charge in [-0.1, -0.05) is 36.8 Å². The van der Waals surface area contributed by atoms with Gasteiger partial charge in [-0.15, -0.1) is 0 Å². The molecule has 1 N–H and O–H groups in total. The number of nitrogens with one attached hydrogen (secondary N) is 1. The van der Waals surface area contributed by atoms with Gasteiger partial charge in [-0.05, 0) is 43.6 Å². The highest BCUT2D eigenvalue weighted by Gasteiger charge is 2.43. The fraction of sp³-hybridized carbons (Fsp3) is 0.632. The van der Waals surface area contributed by atoms with Crippen LogP contribution in [0.2, 0.25) is 0 Å². The van der Waals surface area contributed by atoms with E-state index in [1.54, 1.807) is 0 Å². The van der Waals surface area contributed by atoms with Crippen molar-refractivity contribution < 1.29 is 9.53 Å². The zero-order valence-corrected chi connectivity index (χ0v) is 13.7. The second-order valence-corrected chi connectivity index (χ2v) is 7.34. The molecule has 124 valence electrons. The Kier molecular flexibility index (Phi) is 4.02. The van der Waals surface area contributed by atoms with Crippen molar-refractivity contribution in [3.63, 3.8) is 0 Å². The molecule has 0 radical (unpaired) electrons. The number of nitrogens with zero attached hydrogens (tertiary/aromatic N) is 1. The van der Waals surface area contributed by atoms with E-state index in [1.165, 1.54) is 31.2 Å². The minimum absolute atomic E-state index is 0.0334. The molecule has 4 nitrogen and oxygen atoms in total. The Labute approximate surface area is 138 Å². The summed E-state index contributed by atoms with van der Waals surface area (Å²) in [5.41, 5.74) is 1.20. The summed E-state index contributed by atoms with van der Waals surface area (Å²) in [5, 5.41) is 3.32. The Hall–Kier alpha value is -1.55. The molecule has 1 aliphatic heterocycles. The average molecular weight is 314 g/mol. The molecule has 4 heteroatoms. The monoisotopic (exact) mass is 314 g/mol. The van der Waals surface area contributed by atoms with Gasteiger partial charge in [0.2, 0.25) is 0 Å². The van der Waals surface area contributed by atoms with E-state index in [9.17, 15) is 4.79 Å². The third kappa shape index (κ3) is 2.97. The van der Waals surface area contributed by atoms with Crippen molar-refractivity contribution in [3.8, 4) is 0 Å². The van der Waals surface area contributed by atoms with Crippen LogP contribution < -0.4 is 5.32 Å². The number of hydrogen-bond donors (Lipinski definition) is 1. The Balaban J connectivity index is 1.44. The highest BCUT2D eigenvalue weighted by molar-refractivity contribution is 5.75. The molecule has 1 atom stereocenters. The molecule has 0 unspecified atom stereocenters. The summed E-state index contributed by atoms with van der Waals surface area (Å²) in [4.78, 5) is 14.8. The van der Waals surface area contributed by atoms with Crippen LogP contribution in [0.15, 0.2) is 30.3 Å². The lowest BCUT2D eigenvalue weighted by atomic mass is 9.77. The molecule has 23 heavy (non-hydrogen) atoms. The van der Waals surface area contributed by atoms with Crippen molar-refractivity contribution in [1.29, 1.82) is 0 Å². The molecule has 2 amide bonds. The lowest BCUT2D eigenvalue weighted by Crippen LogP contribution is -2.59. The van der Waals surface area contributed by atoms with E-state index in [1.807, 2.05) is 11.0 Å². The molecule has 1 saturated heterocycles. The largest absolute Gasteiger partial charge is 0.371 e. The second-order valence-electron chi connectivity index (χ2n) is 7.34. The van der Waals surface area contributed by atoms with E-state index < -0.39 is 0 Å². The lowest BCUT2D eigenvalue weighted by Gasteiger charge is -2.48. The molecule has 0 bridgehead atoms. The number of amides is 2. The van der Waals surface area contributed by atoms with E-state index in [4.69, 9.17) is 4.74 Å². The van der Waals surface area contributed by atoms with Crippen LogP contribution in [-0.4, -0.2) is 36.2 Å². The summed E-state index contributed by atoms with van der Waals surface area (Å²) >= 11 is 0. The van der Waals surface area contributed by atoms with Crippen molar-refractivity contribution >= 4 is 6.03 Å². The van der Waals surface area contributed by atoms with E-state index in [2.05, 4.69) is 29.6 Å². The number of urea groups is 1. The quantitative estimate of drug-likeness (QED) is 0.928. The van der Waals surface area contributed by atoms with Gasteiger partial charge in [0.15, 0.2) is 0 Å². The van der Waals surface area contributed by atoms with E-state index >= 15 is 0 Å². The first-order valence-corrected chi connectivity index (χ1v) is 9.00. The molecule has 2 aliphatic carbocycles. The molecule has 1 aromatic carbocycles. The molecular formula is C19H26N2O2. The minimum atomic E-state index is -0.0334. The fourth-order valence-corrected chi connectivity index (χ4v) is 4.02. The molecular weight excluding hydrogens is 288 g/mol. The van der Waals surface area contributed by atoms with Gasteiger partial charge in [-0.3, -0.25) is 0 Å². The summed E-state index contributed by atoms with van der Waals surface area (Å²) in [6.45, 7) is 2.14. The number of hydrogen-bond acceptors (Lipinski definition) is 2. The van der Waals surface area contributed by atoms with Crippen LogP contribution in [0.25, 0.3) is 0 Å². The molecule has 1 heterocycles. The van der Waals surface area contributed by atoms with Crippen LogP contribution >= 0.6 is 0 Å². The van der Waals surface area contributed by atoms with Gasteiger partial charge in [-0.25, -0.2) is 4.79 Å². The van der Waals surface area contributed by atoms with Gasteiger partial charge in [-0.2, -0.15) is 0 Å². The van der Waals surface area contributed by atoms with Crippen LogP contribution in [0.4, 0.5) is 4.79 Å². The topological polar surface area (TPSA) is 41.6 Å².